The first-order valence-electron chi connectivity index (χ1n) is 7.16. The van der Waals surface area contributed by atoms with Gasteiger partial charge in [-0.1, -0.05) is 0 Å². The topological polar surface area (TPSA) is 73.1 Å². The third-order valence-corrected chi connectivity index (χ3v) is 4.17. The lowest BCUT2D eigenvalue weighted by Gasteiger charge is -2.30. The lowest BCUT2D eigenvalue weighted by Crippen LogP contribution is -2.41. The summed E-state index contributed by atoms with van der Waals surface area (Å²) < 4.78 is 7.43. The Labute approximate surface area is 132 Å². The maximum absolute atomic E-state index is 12.1. The molecule has 0 aromatic carbocycles. The van der Waals surface area contributed by atoms with Gasteiger partial charge in [0.15, 0.2) is 16.7 Å². The highest BCUT2D eigenvalue weighted by Crippen LogP contribution is 2.25. The molecule has 0 saturated heterocycles. The van der Waals surface area contributed by atoms with Crippen molar-refractivity contribution < 1.29 is 9.53 Å². The molecule has 0 fully saturated rings. The van der Waals surface area contributed by atoms with Gasteiger partial charge in [0.2, 0.25) is 0 Å². The van der Waals surface area contributed by atoms with Gasteiger partial charge in [0.1, 0.15) is 5.60 Å². The molecule has 8 heteroatoms. The van der Waals surface area contributed by atoms with Crippen LogP contribution < -0.4 is 0 Å². The van der Waals surface area contributed by atoms with Crippen LogP contribution in [-0.2, 0) is 17.8 Å². The number of aryl methyl sites for hydroxylation is 1. The van der Waals surface area contributed by atoms with Gasteiger partial charge in [-0.05, 0) is 27.7 Å². The minimum Gasteiger partial charge on any atom is -0.444 e. The van der Waals surface area contributed by atoms with Crippen molar-refractivity contribution >= 4 is 17.4 Å². The first-order valence-corrected chi connectivity index (χ1v) is 8.04. The number of nitrogens with zero attached hydrogens (tertiary/aromatic N) is 5. The molecule has 2 aromatic heterocycles. The highest BCUT2D eigenvalue weighted by Gasteiger charge is 2.28. The largest absolute Gasteiger partial charge is 0.444 e. The monoisotopic (exact) mass is 321 g/mol. The summed E-state index contributed by atoms with van der Waals surface area (Å²) in [6.07, 6.45) is -0.312. The van der Waals surface area contributed by atoms with Gasteiger partial charge >= 0.3 is 6.09 Å². The average Bonchev–Trinajstić information content (AvgIpc) is 3.01. The molecule has 0 aliphatic carbocycles. The van der Waals surface area contributed by atoms with Crippen LogP contribution in [0.2, 0.25) is 0 Å². The van der Waals surface area contributed by atoms with Crippen LogP contribution in [-0.4, -0.2) is 42.9 Å². The van der Waals surface area contributed by atoms with E-state index in [-0.39, 0.29) is 6.09 Å². The Morgan fingerprint density at radius 3 is 2.73 bits per heavy atom. The summed E-state index contributed by atoms with van der Waals surface area (Å²) in [6.45, 7) is 9.18. The summed E-state index contributed by atoms with van der Waals surface area (Å²) in [5.41, 5.74) is 0.481. The van der Waals surface area contributed by atoms with E-state index in [1.807, 2.05) is 37.6 Å². The third-order valence-electron chi connectivity index (χ3n) is 3.22. The Hall–Kier alpha value is -1.96. The molecule has 3 rings (SSSR count). The maximum Gasteiger partial charge on any atom is 0.410 e. The number of aromatic nitrogens is 4. The van der Waals surface area contributed by atoms with E-state index in [1.165, 1.54) is 0 Å². The molecule has 1 aliphatic heterocycles. The van der Waals surface area contributed by atoms with Crippen LogP contribution in [0.25, 0.3) is 10.8 Å². The lowest BCUT2D eigenvalue weighted by molar-refractivity contribution is 0.0196. The van der Waals surface area contributed by atoms with Gasteiger partial charge in [0.25, 0.3) is 0 Å². The molecule has 0 bridgehead atoms. The summed E-state index contributed by atoms with van der Waals surface area (Å²) >= 11 is 1.56. The number of fused-ring (bicyclic) bond motifs is 1. The number of hydrogen-bond acceptors (Lipinski definition) is 6. The highest BCUT2D eigenvalue weighted by atomic mass is 32.1. The van der Waals surface area contributed by atoms with Gasteiger partial charge in [-0.15, -0.1) is 21.5 Å². The van der Waals surface area contributed by atoms with Gasteiger partial charge in [-0.3, -0.25) is 4.90 Å². The van der Waals surface area contributed by atoms with E-state index in [2.05, 4.69) is 15.2 Å². The molecule has 0 radical (unpaired) electrons. The van der Waals surface area contributed by atoms with Crippen molar-refractivity contribution in [2.45, 2.75) is 46.4 Å². The van der Waals surface area contributed by atoms with Crippen LogP contribution in [0.15, 0.2) is 5.38 Å². The van der Waals surface area contributed by atoms with Crippen molar-refractivity contribution in [2.24, 2.45) is 0 Å². The molecule has 0 atom stereocenters. The minimum atomic E-state index is -0.494. The van der Waals surface area contributed by atoms with Crippen LogP contribution in [0.5, 0.6) is 0 Å². The molecule has 0 N–H and O–H groups in total. The van der Waals surface area contributed by atoms with Crippen molar-refractivity contribution in [3.8, 4) is 10.8 Å². The molecule has 0 saturated carbocycles. The Morgan fingerprint density at radius 1 is 1.32 bits per heavy atom. The van der Waals surface area contributed by atoms with Crippen LogP contribution in [0.3, 0.4) is 0 Å². The predicted octanol–water partition coefficient (Wildman–Crippen LogP) is 2.46. The fourth-order valence-electron chi connectivity index (χ4n) is 2.25. The van der Waals surface area contributed by atoms with Crippen molar-refractivity contribution in [3.05, 3.63) is 16.9 Å². The number of carbonyl (C=O) groups is 1. The van der Waals surface area contributed by atoms with E-state index >= 15 is 0 Å². The third kappa shape index (κ3) is 2.96. The SMILES string of the molecule is Cc1csc(-c2nnc3n2CCN(C(=O)OC(C)(C)C)C3)n1. The van der Waals surface area contributed by atoms with Gasteiger partial charge in [0, 0.05) is 24.2 Å². The maximum atomic E-state index is 12.1. The summed E-state index contributed by atoms with van der Waals surface area (Å²) in [6, 6.07) is 0. The van der Waals surface area contributed by atoms with Crippen molar-refractivity contribution in [2.75, 3.05) is 6.54 Å². The van der Waals surface area contributed by atoms with Gasteiger partial charge in [0.05, 0.1) is 6.54 Å². The zero-order valence-corrected chi connectivity index (χ0v) is 14.0. The van der Waals surface area contributed by atoms with Crippen molar-refractivity contribution in [1.29, 1.82) is 0 Å². The Morgan fingerprint density at radius 2 is 2.09 bits per heavy atom. The lowest BCUT2D eigenvalue weighted by atomic mass is 10.2. The molecular formula is C14H19N5O2S. The van der Waals surface area contributed by atoms with E-state index in [0.717, 1.165) is 22.4 Å². The van der Waals surface area contributed by atoms with Gasteiger partial charge in [-0.25, -0.2) is 9.78 Å². The molecule has 118 valence electrons. The molecule has 7 nitrogen and oxygen atoms in total. The molecule has 0 spiro atoms. The number of thiazole rings is 1. The average molecular weight is 321 g/mol. The zero-order chi connectivity index (χ0) is 15.9. The molecule has 0 unspecified atom stereocenters. The second kappa shape index (κ2) is 5.35. The minimum absolute atomic E-state index is 0.312. The van der Waals surface area contributed by atoms with Gasteiger partial charge < -0.3 is 9.30 Å². The van der Waals surface area contributed by atoms with E-state index in [9.17, 15) is 4.79 Å². The Balaban J connectivity index is 1.78. The number of amides is 1. The molecule has 1 aliphatic rings. The smallest absolute Gasteiger partial charge is 0.410 e. The zero-order valence-electron chi connectivity index (χ0n) is 13.2. The Kier molecular flexibility index (Phi) is 3.64. The van der Waals surface area contributed by atoms with E-state index in [4.69, 9.17) is 4.74 Å². The second-order valence-corrected chi connectivity index (χ2v) is 7.15. The molecule has 2 aromatic rings. The molecule has 1 amide bonds. The standard InChI is InChI=1S/C14H19N5O2S/c1-9-8-22-12(15-9)11-17-16-10-7-18(5-6-19(10)11)13(20)21-14(2,3)4/h8H,5-7H2,1-4H3. The summed E-state index contributed by atoms with van der Waals surface area (Å²) in [5, 5.41) is 11.3. The molecular weight excluding hydrogens is 302 g/mol. The fraction of sp³-hybridized carbons (Fsp3) is 0.571. The second-order valence-electron chi connectivity index (χ2n) is 6.29. The number of carbonyl (C=O) groups excluding carboxylic acids is 1. The summed E-state index contributed by atoms with van der Waals surface area (Å²) in [5.74, 6) is 1.54. The van der Waals surface area contributed by atoms with E-state index in [0.29, 0.717) is 19.6 Å². The van der Waals surface area contributed by atoms with E-state index in [1.54, 1.807) is 16.2 Å². The van der Waals surface area contributed by atoms with E-state index < -0.39 is 5.60 Å². The van der Waals surface area contributed by atoms with Gasteiger partial charge in [-0.2, -0.15) is 0 Å². The fourth-order valence-corrected chi connectivity index (χ4v) is 3.04. The quantitative estimate of drug-likeness (QED) is 0.806. The Bertz CT molecular complexity index is 700. The summed E-state index contributed by atoms with van der Waals surface area (Å²) in [7, 11) is 0. The summed E-state index contributed by atoms with van der Waals surface area (Å²) in [4.78, 5) is 18.3. The van der Waals surface area contributed by atoms with Crippen LogP contribution in [0.4, 0.5) is 4.79 Å². The highest BCUT2D eigenvalue weighted by molar-refractivity contribution is 7.13. The first kappa shape index (κ1) is 15.0. The molecule has 3 heterocycles. The number of ether oxygens (including phenoxy) is 1. The van der Waals surface area contributed by atoms with Crippen LogP contribution in [0.1, 0.15) is 32.3 Å². The normalized spacial score (nSPS) is 14.8. The van der Waals surface area contributed by atoms with Crippen LogP contribution in [0, 0.1) is 6.92 Å². The van der Waals surface area contributed by atoms with Crippen molar-refractivity contribution in [1.82, 2.24) is 24.6 Å². The molecule has 22 heavy (non-hydrogen) atoms. The predicted molar refractivity (Wildman–Crippen MR) is 82.5 cm³/mol. The van der Waals surface area contributed by atoms with Crippen LogP contribution >= 0.6 is 11.3 Å². The number of rotatable bonds is 1. The number of hydrogen-bond donors (Lipinski definition) is 0. The first-order chi connectivity index (χ1) is 10.3. The van der Waals surface area contributed by atoms with Crippen molar-refractivity contribution in [3.63, 3.8) is 0 Å².